The number of aromatic nitrogens is 1. The molecule has 5 nitrogen and oxygen atoms in total. The van der Waals surface area contributed by atoms with Crippen molar-refractivity contribution in [3.05, 3.63) is 18.0 Å². The van der Waals surface area contributed by atoms with Gasteiger partial charge in [-0.3, -0.25) is 4.79 Å². The molecule has 0 aliphatic carbocycles. The summed E-state index contributed by atoms with van der Waals surface area (Å²) in [5.41, 5.74) is 6.38. The molecule has 0 saturated heterocycles. The van der Waals surface area contributed by atoms with Crippen LogP contribution in [-0.4, -0.2) is 17.6 Å². The second-order valence-corrected chi connectivity index (χ2v) is 4.70. The van der Waals surface area contributed by atoms with Crippen molar-refractivity contribution >= 4 is 5.91 Å². The van der Waals surface area contributed by atoms with E-state index in [9.17, 15) is 4.79 Å². The van der Waals surface area contributed by atoms with Crippen molar-refractivity contribution in [3.63, 3.8) is 0 Å². The van der Waals surface area contributed by atoms with Gasteiger partial charge in [0.05, 0.1) is 6.54 Å². The van der Waals surface area contributed by atoms with E-state index in [2.05, 4.69) is 28.8 Å². The van der Waals surface area contributed by atoms with Gasteiger partial charge in [0.1, 0.15) is 12.0 Å². The predicted molar refractivity (Wildman–Crippen MR) is 65.0 cm³/mol. The standard InChI is InChI=1S/C12H21N3O2/c1-9(2)5-10(7-13)6-12(16)14-8-11-3-4-17-15-11/h3-4,9-10H,5-8,13H2,1-2H3,(H,14,16). The van der Waals surface area contributed by atoms with Gasteiger partial charge < -0.3 is 15.6 Å². The Balaban J connectivity index is 2.27. The number of nitrogens with zero attached hydrogens (tertiary/aromatic N) is 1. The van der Waals surface area contributed by atoms with Crippen molar-refractivity contribution in [3.8, 4) is 0 Å². The first kappa shape index (κ1) is 13.7. The first-order chi connectivity index (χ1) is 8.11. The number of carbonyl (C=O) groups excluding carboxylic acids is 1. The lowest BCUT2D eigenvalue weighted by Gasteiger charge is -2.16. The fourth-order valence-electron chi connectivity index (χ4n) is 1.78. The maximum Gasteiger partial charge on any atom is 0.220 e. The highest BCUT2D eigenvalue weighted by Crippen LogP contribution is 2.14. The zero-order chi connectivity index (χ0) is 12.7. The minimum atomic E-state index is 0.0177. The van der Waals surface area contributed by atoms with Gasteiger partial charge in [0, 0.05) is 12.5 Å². The van der Waals surface area contributed by atoms with Crippen molar-refractivity contribution in [2.75, 3.05) is 6.54 Å². The number of nitrogens with one attached hydrogen (secondary N) is 1. The summed E-state index contributed by atoms with van der Waals surface area (Å²) in [6.07, 6.45) is 2.95. The molecule has 0 bridgehead atoms. The van der Waals surface area contributed by atoms with Crippen LogP contribution in [0.4, 0.5) is 0 Å². The topological polar surface area (TPSA) is 81.2 Å². The number of carbonyl (C=O) groups is 1. The molecule has 3 N–H and O–H groups in total. The van der Waals surface area contributed by atoms with Gasteiger partial charge in [0.2, 0.25) is 5.91 Å². The van der Waals surface area contributed by atoms with Crippen molar-refractivity contribution < 1.29 is 9.32 Å². The summed E-state index contributed by atoms with van der Waals surface area (Å²) < 4.78 is 4.68. The van der Waals surface area contributed by atoms with E-state index in [0.29, 0.717) is 25.4 Å². The van der Waals surface area contributed by atoms with Crippen LogP contribution in [0.1, 0.15) is 32.4 Å². The summed E-state index contributed by atoms with van der Waals surface area (Å²) in [6.45, 7) is 5.23. The van der Waals surface area contributed by atoms with E-state index in [1.165, 1.54) is 6.26 Å². The Kier molecular flexibility index (Phi) is 5.69. The molecule has 0 fully saturated rings. The minimum Gasteiger partial charge on any atom is -0.364 e. The monoisotopic (exact) mass is 239 g/mol. The third-order valence-electron chi connectivity index (χ3n) is 2.57. The molecule has 1 aromatic heterocycles. The van der Waals surface area contributed by atoms with Crippen molar-refractivity contribution in [1.29, 1.82) is 0 Å². The molecule has 1 aromatic rings. The average molecular weight is 239 g/mol. The molecular formula is C12H21N3O2. The molecule has 1 unspecified atom stereocenters. The SMILES string of the molecule is CC(C)CC(CN)CC(=O)NCc1ccon1. The minimum absolute atomic E-state index is 0.0177. The number of hydrogen-bond donors (Lipinski definition) is 2. The van der Waals surface area contributed by atoms with E-state index in [1.807, 2.05) is 0 Å². The smallest absolute Gasteiger partial charge is 0.220 e. The van der Waals surface area contributed by atoms with Crippen LogP contribution in [0.3, 0.4) is 0 Å². The van der Waals surface area contributed by atoms with Crippen molar-refractivity contribution in [1.82, 2.24) is 10.5 Å². The summed E-state index contributed by atoms with van der Waals surface area (Å²) >= 11 is 0. The van der Waals surface area contributed by atoms with E-state index in [0.717, 1.165) is 12.1 Å². The van der Waals surface area contributed by atoms with Crippen molar-refractivity contribution in [2.45, 2.75) is 33.2 Å². The molecule has 1 heterocycles. The maximum absolute atomic E-state index is 11.7. The quantitative estimate of drug-likeness (QED) is 0.751. The summed E-state index contributed by atoms with van der Waals surface area (Å²) in [7, 11) is 0. The van der Waals surface area contributed by atoms with E-state index in [4.69, 9.17) is 5.73 Å². The van der Waals surface area contributed by atoms with Gasteiger partial charge in [0.25, 0.3) is 0 Å². The second-order valence-electron chi connectivity index (χ2n) is 4.70. The van der Waals surface area contributed by atoms with Gasteiger partial charge in [0.15, 0.2) is 0 Å². The lowest BCUT2D eigenvalue weighted by Crippen LogP contribution is -2.28. The molecule has 1 atom stereocenters. The Bertz CT molecular complexity index is 323. The second kappa shape index (κ2) is 7.06. The van der Waals surface area contributed by atoms with E-state index < -0.39 is 0 Å². The first-order valence-electron chi connectivity index (χ1n) is 5.97. The van der Waals surface area contributed by atoms with Gasteiger partial charge in [-0.15, -0.1) is 0 Å². The van der Waals surface area contributed by atoms with Gasteiger partial charge in [-0.1, -0.05) is 19.0 Å². The lowest BCUT2D eigenvalue weighted by atomic mass is 9.94. The van der Waals surface area contributed by atoms with Crippen LogP contribution in [0, 0.1) is 11.8 Å². The lowest BCUT2D eigenvalue weighted by molar-refractivity contribution is -0.122. The molecule has 96 valence electrons. The van der Waals surface area contributed by atoms with E-state index >= 15 is 0 Å². The Morgan fingerprint density at radius 3 is 2.88 bits per heavy atom. The summed E-state index contributed by atoms with van der Waals surface area (Å²) in [4.78, 5) is 11.7. The Morgan fingerprint density at radius 1 is 1.59 bits per heavy atom. The van der Waals surface area contributed by atoms with Gasteiger partial charge in [-0.05, 0) is 24.8 Å². The number of amides is 1. The molecule has 5 heteroatoms. The van der Waals surface area contributed by atoms with Crippen LogP contribution >= 0.6 is 0 Å². The van der Waals surface area contributed by atoms with Crippen LogP contribution in [-0.2, 0) is 11.3 Å². The third kappa shape index (κ3) is 5.49. The largest absolute Gasteiger partial charge is 0.364 e. The zero-order valence-electron chi connectivity index (χ0n) is 10.5. The Morgan fingerprint density at radius 2 is 2.35 bits per heavy atom. The van der Waals surface area contributed by atoms with E-state index in [-0.39, 0.29) is 11.8 Å². The highest BCUT2D eigenvalue weighted by Gasteiger charge is 2.14. The summed E-state index contributed by atoms with van der Waals surface area (Å²) in [5.74, 6) is 0.836. The van der Waals surface area contributed by atoms with Crippen LogP contribution in [0.15, 0.2) is 16.9 Å². The highest BCUT2D eigenvalue weighted by molar-refractivity contribution is 5.76. The molecular weight excluding hydrogens is 218 g/mol. The van der Waals surface area contributed by atoms with Crippen LogP contribution in [0.2, 0.25) is 0 Å². The molecule has 0 aliphatic rings. The van der Waals surface area contributed by atoms with Gasteiger partial charge in [-0.2, -0.15) is 0 Å². The van der Waals surface area contributed by atoms with Crippen LogP contribution in [0.25, 0.3) is 0 Å². The molecule has 1 amide bonds. The zero-order valence-corrected chi connectivity index (χ0v) is 10.5. The number of hydrogen-bond acceptors (Lipinski definition) is 4. The normalized spacial score (nSPS) is 12.7. The van der Waals surface area contributed by atoms with E-state index in [1.54, 1.807) is 6.07 Å². The fraction of sp³-hybridized carbons (Fsp3) is 0.667. The molecule has 0 spiro atoms. The van der Waals surface area contributed by atoms with Gasteiger partial charge in [-0.25, -0.2) is 0 Å². The maximum atomic E-state index is 11.7. The average Bonchev–Trinajstić information content (AvgIpc) is 2.77. The third-order valence-corrected chi connectivity index (χ3v) is 2.57. The summed E-state index contributed by atoms with van der Waals surface area (Å²) in [5, 5.41) is 6.53. The number of nitrogens with two attached hydrogens (primary N) is 1. The Hall–Kier alpha value is -1.36. The van der Waals surface area contributed by atoms with Gasteiger partial charge >= 0.3 is 0 Å². The predicted octanol–water partition coefficient (Wildman–Crippen LogP) is 1.30. The fourth-order valence-corrected chi connectivity index (χ4v) is 1.78. The van der Waals surface area contributed by atoms with Crippen molar-refractivity contribution in [2.24, 2.45) is 17.6 Å². The molecule has 0 radical (unpaired) electrons. The molecule has 0 saturated carbocycles. The first-order valence-corrected chi connectivity index (χ1v) is 5.97. The molecule has 0 aliphatic heterocycles. The van der Waals surface area contributed by atoms with Crippen LogP contribution in [0.5, 0.6) is 0 Å². The highest BCUT2D eigenvalue weighted by atomic mass is 16.5. The summed E-state index contributed by atoms with van der Waals surface area (Å²) in [6, 6.07) is 1.73. The molecule has 1 rings (SSSR count). The molecule has 17 heavy (non-hydrogen) atoms. The molecule has 0 aromatic carbocycles. The Labute approximate surface area is 102 Å². The number of rotatable bonds is 7. The van der Waals surface area contributed by atoms with Crippen LogP contribution < -0.4 is 11.1 Å².